The predicted octanol–water partition coefficient (Wildman–Crippen LogP) is 3.85. The molecule has 0 aliphatic heterocycles. The minimum atomic E-state index is -0.849. The molecule has 1 aliphatic carbocycles. The number of benzene rings is 1. The fourth-order valence-electron chi connectivity index (χ4n) is 5.08. The van der Waals surface area contributed by atoms with E-state index in [1.807, 2.05) is 6.07 Å². The number of nitrogens with one attached hydrogen (secondary N) is 3. The van der Waals surface area contributed by atoms with Crippen molar-refractivity contribution in [2.24, 2.45) is 0 Å². The summed E-state index contributed by atoms with van der Waals surface area (Å²) in [5.74, 6) is 0.0427. The molecule has 13 heteroatoms. The third-order valence-corrected chi connectivity index (χ3v) is 7.97. The maximum atomic E-state index is 13.6. The Morgan fingerprint density at radius 2 is 1.77 bits per heavy atom. The lowest BCUT2D eigenvalue weighted by atomic mass is 9.95. The van der Waals surface area contributed by atoms with E-state index in [0.29, 0.717) is 46.1 Å². The number of carbonyl (C=O) groups excluding carboxylic acids is 3. The number of carbonyl (C=O) groups is 3. The van der Waals surface area contributed by atoms with E-state index in [2.05, 4.69) is 20.9 Å². The van der Waals surface area contributed by atoms with Crippen molar-refractivity contribution in [1.82, 2.24) is 10.3 Å². The molecule has 1 heterocycles. The van der Waals surface area contributed by atoms with Gasteiger partial charge in [0, 0.05) is 17.4 Å². The molecular weight excluding hydrogens is 576 g/mol. The average Bonchev–Trinajstić information content (AvgIpc) is 3.19. The van der Waals surface area contributed by atoms with Gasteiger partial charge in [0.05, 0.1) is 40.2 Å². The summed E-state index contributed by atoms with van der Waals surface area (Å²) in [5.41, 5.74) is 2.80. The first-order valence-corrected chi connectivity index (χ1v) is 14.2. The van der Waals surface area contributed by atoms with Crippen LogP contribution in [0.25, 0.3) is 11.1 Å². The highest BCUT2D eigenvalue weighted by Crippen LogP contribution is 2.50. The second-order valence-corrected chi connectivity index (χ2v) is 11.1. The fourth-order valence-corrected chi connectivity index (χ4v) is 5.88. The number of aromatic nitrogens is 1. The van der Waals surface area contributed by atoms with Gasteiger partial charge >= 0.3 is 5.97 Å². The molecular formula is C30H34N4O8S. The first-order valence-electron chi connectivity index (χ1n) is 13.4. The first kappa shape index (κ1) is 31.3. The van der Waals surface area contributed by atoms with Gasteiger partial charge in [-0.15, -0.1) is 11.3 Å². The van der Waals surface area contributed by atoms with Gasteiger partial charge in [-0.2, -0.15) is 0 Å². The number of methoxy groups -OCH3 is 4. The van der Waals surface area contributed by atoms with Crippen molar-refractivity contribution in [3.05, 3.63) is 56.2 Å². The Balaban J connectivity index is 1.75. The van der Waals surface area contributed by atoms with Crippen LogP contribution < -0.4 is 35.6 Å². The SMILES string of the molecule is COC(=O)c1nc(NC(=O)[C@H](C)Nc2ccc3c(cc2=O)[C@@H](NC(C)=O)CCc2cc(OC)c(OC)c(OC)c2-3)sc1C. The fraction of sp³-hybridized carbons (Fsp3) is 0.367. The van der Waals surface area contributed by atoms with E-state index < -0.39 is 24.0 Å². The predicted molar refractivity (Wildman–Crippen MR) is 163 cm³/mol. The molecule has 2 aromatic carbocycles. The smallest absolute Gasteiger partial charge is 0.357 e. The van der Waals surface area contributed by atoms with Gasteiger partial charge in [-0.1, -0.05) is 6.07 Å². The third-order valence-electron chi connectivity index (χ3n) is 7.09. The van der Waals surface area contributed by atoms with Crippen molar-refractivity contribution in [3.8, 4) is 28.4 Å². The number of amides is 2. The molecule has 12 nitrogen and oxygen atoms in total. The highest BCUT2D eigenvalue weighted by Gasteiger charge is 2.30. The Hall–Kier alpha value is -4.65. The first-order chi connectivity index (χ1) is 20.5. The average molecular weight is 611 g/mol. The quantitative estimate of drug-likeness (QED) is 0.304. The lowest BCUT2D eigenvalue weighted by Crippen LogP contribution is -2.33. The van der Waals surface area contributed by atoms with Gasteiger partial charge < -0.3 is 34.9 Å². The summed E-state index contributed by atoms with van der Waals surface area (Å²) in [7, 11) is 5.84. The molecule has 0 saturated carbocycles. The Morgan fingerprint density at radius 3 is 2.40 bits per heavy atom. The zero-order chi connectivity index (χ0) is 31.4. The molecule has 0 unspecified atom stereocenters. The molecule has 0 spiro atoms. The Labute approximate surface area is 252 Å². The number of fused-ring (bicyclic) bond motifs is 3. The monoisotopic (exact) mass is 610 g/mol. The van der Waals surface area contributed by atoms with E-state index in [1.54, 1.807) is 33.1 Å². The van der Waals surface area contributed by atoms with E-state index in [1.165, 1.54) is 34.3 Å². The number of hydrogen-bond donors (Lipinski definition) is 3. The van der Waals surface area contributed by atoms with Crippen molar-refractivity contribution in [3.63, 3.8) is 0 Å². The van der Waals surface area contributed by atoms with Crippen LogP contribution in [-0.2, 0) is 20.7 Å². The van der Waals surface area contributed by atoms with Gasteiger partial charge in [0.15, 0.2) is 22.3 Å². The molecule has 2 amide bonds. The molecule has 2 atom stereocenters. The van der Waals surface area contributed by atoms with Gasteiger partial charge in [0.2, 0.25) is 23.0 Å². The zero-order valence-corrected chi connectivity index (χ0v) is 25.8. The van der Waals surface area contributed by atoms with Crippen LogP contribution in [0.15, 0.2) is 29.1 Å². The van der Waals surface area contributed by atoms with Gasteiger partial charge in [-0.05, 0) is 61.6 Å². The molecule has 3 aromatic rings. The Bertz CT molecular complexity index is 1640. The highest BCUT2D eigenvalue weighted by molar-refractivity contribution is 7.16. The van der Waals surface area contributed by atoms with Crippen molar-refractivity contribution >= 4 is 39.9 Å². The van der Waals surface area contributed by atoms with Crippen LogP contribution in [-0.4, -0.2) is 57.2 Å². The van der Waals surface area contributed by atoms with Gasteiger partial charge in [0.1, 0.15) is 6.04 Å². The number of aryl methyl sites for hydroxylation is 2. The summed E-state index contributed by atoms with van der Waals surface area (Å²) in [6, 6.07) is 5.40. The number of ether oxygens (including phenoxy) is 4. The van der Waals surface area contributed by atoms with E-state index in [9.17, 15) is 19.2 Å². The standard InChI is InChI=1S/C30H34N4O8S/c1-14(28(37)34-30-33-25(15(2)43-30)29(38)42-7)31-21-11-9-18-19(13-22(21)36)20(32-16(3)35)10-8-17-12-23(39-4)26(40-5)27(41-6)24(17)18/h9,11-14,20H,8,10H2,1-7H3,(H,31,36)(H,32,35)(H,33,34,37)/t14-,20-/m0/s1. The lowest BCUT2D eigenvalue weighted by Gasteiger charge is -2.19. The summed E-state index contributed by atoms with van der Waals surface area (Å²) >= 11 is 1.14. The van der Waals surface area contributed by atoms with Crippen LogP contribution in [0, 0.1) is 6.92 Å². The van der Waals surface area contributed by atoms with Crippen molar-refractivity contribution in [2.75, 3.05) is 39.1 Å². The maximum Gasteiger partial charge on any atom is 0.357 e. The molecule has 228 valence electrons. The molecule has 1 aromatic heterocycles. The van der Waals surface area contributed by atoms with E-state index in [0.717, 1.165) is 22.5 Å². The topological polar surface area (TPSA) is 154 Å². The number of anilines is 2. The third kappa shape index (κ3) is 6.41. The van der Waals surface area contributed by atoms with Gasteiger partial charge in [-0.3, -0.25) is 14.4 Å². The zero-order valence-electron chi connectivity index (χ0n) is 25.0. The van der Waals surface area contributed by atoms with Crippen LogP contribution in [0.1, 0.15) is 52.8 Å². The number of nitrogens with zero attached hydrogens (tertiary/aromatic N) is 1. The van der Waals surface area contributed by atoms with Crippen LogP contribution in [0.5, 0.6) is 17.2 Å². The van der Waals surface area contributed by atoms with Crippen LogP contribution in [0.4, 0.5) is 10.8 Å². The molecule has 0 saturated heterocycles. The summed E-state index contributed by atoms with van der Waals surface area (Å²) in [4.78, 5) is 55.4. The maximum absolute atomic E-state index is 13.6. The number of hydrogen-bond acceptors (Lipinski definition) is 11. The normalized spacial score (nSPS) is 14.3. The second kappa shape index (κ2) is 13.1. The summed E-state index contributed by atoms with van der Waals surface area (Å²) < 4.78 is 21.7. The summed E-state index contributed by atoms with van der Waals surface area (Å²) in [6.07, 6.45) is 1.09. The molecule has 1 aliphatic rings. The van der Waals surface area contributed by atoms with Crippen molar-refractivity contribution in [1.29, 1.82) is 0 Å². The van der Waals surface area contributed by atoms with Crippen molar-refractivity contribution in [2.45, 2.75) is 45.7 Å². The van der Waals surface area contributed by atoms with Crippen molar-refractivity contribution < 1.29 is 33.3 Å². The highest BCUT2D eigenvalue weighted by atomic mass is 32.1. The molecule has 4 rings (SSSR count). The summed E-state index contributed by atoms with van der Waals surface area (Å²) in [6.45, 7) is 4.73. The lowest BCUT2D eigenvalue weighted by molar-refractivity contribution is -0.119. The van der Waals surface area contributed by atoms with Crippen LogP contribution >= 0.6 is 11.3 Å². The molecule has 3 N–H and O–H groups in total. The molecule has 43 heavy (non-hydrogen) atoms. The number of thiazole rings is 1. The number of esters is 1. The minimum absolute atomic E-state index is 0.125. The Morgan fingerprint density at radius 1 is 1.05 bits per heavy atom. The molecule has 0 radical (unpaired) electrons. The van der Waals surface area contributed by atoms with Crippen LogP contribution in [0.2, 0.25) is 0 Å². The number of rotatable bonds is 9. The van der Waals surface area contributed by atoms with E-state index in [4.69, 9.17) is 18.9 Å². The molecule has 0 bridgehead atoms. The van der Waals surface area contributed by atoms with Gasteiger partial charge in [-0.25, -0.2) is 9.78 Å². The summed E-state index contributed by atoms with van der Waals surface area (Å²) in [5, 5.41) is 8.87. The van der Waals surface area contributed by atoms with Gasteiger partial charge in [0.25, 0.3) is 0 Å². The minimum Gasteiger partial charge on any atom is -0.493 e. The largest absolute Gasteiger partial charge is 0.493 e. The van der Waals surface area contributed by atoms with Crippen LogP contribution in [0.3, 0.4) is 0 Å². The second-order valence-electron chi connectivity index (χ2n) is 9.87. The van der Waals surface area contributed by atoms with E-state index >= 15 is 0 Å². The molecule has 0 fully saturated rings. The Kier molecular flexibility index (Phi) is 9.54. The van der Waals surface area contributed by atoms with E-state index in [-0.39, 0.29) is 27.8 Å².